The number of anilines is 1. The van der Waals surface area contributed by atoms with Crippen LogP contribution in [0.3, 0.4) is 0 Å². The molecule has 0 unspecified atom stereocenters. The number of para-hydroxylation sites is 2. The first-order chi connectivity index (χ1) is 19.9. The van der Waals surface area contributed by atoms with Gasteiger partial charge in [0.05, 0.1) is 43.5 Å². The van der Waals surface area contributed by atoms with E-state index in [9.17, 15) is 9.59 Å². The van der Waals surface area contributed by atoms with Crippen molar-refractivity contribution in [1.29, 1.82) is 0 Å². The Labute approximate surface area is 243 Å². The Morgan fingerprint density at radius 1 is 0.902 bits per heavy atom. The predicted octanol–water partition coefficient (Wildman–Crippen LogP) is 4.88. The second kappa shape index (κ2) is 12.5. The van der Waals surface area contributed by atoms with E-state index in [1.807, 2.05) is 67.3 Å². The van der Waals surface area contributed by atoms with Gasteiger partial charge in [0.2, 0.25) is 0 Å². The van der Waals surface area contributed by atoms with E-state index >= 15 is 0 Å². The summed E-state index contributed by atoms with van der Waals surface area (Å²) >= 11 is 5.53. The predicted molar refractivity (Wildman–Crippen MR) is 162 cm³/mol. The van der Waals surface area contributed by atoms with Crippen molar-refractivity contribution in [2.24, 2.45) is 0 Å². The number of rotatable bonds is 9. The number of amides is 1. The lowest BCUT2D eigenvalue weighted by molar-refractivity contribution is 0.0746. The lowest BCUT2D eigenvalue weighted by atomic mass is 10.1. The Morgan fingerprint density at radius 3 is 2.22 bits per heavy atom. The number of ether oxygens (including phenoxy) is 3. The lowest BCUT2D eigenvalue weighted by Crippen LogP contribution is -2.48. The van der Waals surface area contributed by atoms with Crippen LogP contribution in [0.2, 0.25) is 0 Å². The van der Waals surface area contributed by atoms with Crippen molar-refractivity contribution < 1.29 is 19.0 Å². The molecular weight excluding hydrogens is 540 g/mol. The minimum atomic E-state index is -0.221. The summed E-state index contributed by atoms with van der Waals surface area (Å²) < 4.78 is 18.7. The molecule has 1 saturated heterocycles. The molecule has 5 rings (SSSR count). The molecule has 41 heavy (non-hydrogen) atoms. The highest BCUT2D eigenvalue weighted by molar-refractivity contribution is 7.71. The Hall–Kier alpha value is -4.31. The number of aromatic nitrogens is 2. The smallest absolute Gasteiger partial charge is 0.262 e. The van der Waals surface area contributed by atoms with E-state index in [2.05, 4.69) is 9.88 Å². The summed E-state index contributed by atoms with van der Waals surface area (Å²) in [5, 5.41) is 0.463. The molecule has 10 heteroatoms. The summed E-state index contributed by atoms with van der Waals surface area (Å²) in [4.78, 5) is 33.9. The van der Waals surface area contributed by atoms with Gasteiger partial charge >= 0.3 is 0 Å². The molecule has 0 bridgehead atoms. The van der Waals surface area contributed by atoms with E-state index in [0.29, 0.717) is 59.0 Å². The minimum absolute atomic E-state index is 0.00931. The largest absolute Gasteiger partial charge is 0.495 e. The summed E-state index contributed by atoms with van der Waals surface area (Å²) in [6, 6.07) is 18.7. The quantitative estimate of drug-likeness (QED) is 0.285. The first kappa shape index (κ1) is 28.2. The topological polar surface area (TPSA) is 89.0 Å². The van der Waals surface area contributed by atoms with Gasteiger partial charge in [-0.25, -0.2) is 0 Å². The maximum Gasteiger partial charge on any atom is 0.262 e. The zero-order chi connectivity index (χ0) is 28.9. The van der Waals surface area contributed by atoms with Crippen LogP contribution >= 0.6 is 12.2 Å². The van der Waals surface area contributed by atoms with Crippen LogP contribution in [0.4, 0.5) is 5.69 Å². The standard InChI is InChI=1S/C31H34N4O5S/c1-4-39-27-18-23-24(19-28(27)40-5-2)32-31(41)35(30(23)37)20-21-10-12-22(13-11-21)29(36)34-16-14-33(15-17-34)25-8-6-7-9-26(25)38-3/h6-13,18-19H,4-5,14-17,20H2,1-3H3,(H,32,41). The van der Waals surface area contributed by atoms with Gasteiger partial charge in [-0.15, -0.1) is 0 Å². The number of piperazine rings is 1. The number of carbonyl (C=O) groups excluding carboxylic acids is 1. The molecule has 1 fully saturated rings. The van der Waals surface area contributed by atoms with Crippen molar-refractivity contribution >= 4 is 34.7 Å². The number of nitrogens with zero attached hydrogens (tertiary/aromatic N) is 3. The number of nitrogens with one attached hydrogen (secondary N) is 1. The number of aromatic amines is 1. The maximum absolute atomic E-state index is 13.4. The van der Waals surface area contributed by atoms with Crippen molar-refractivity contribution in [2.75, 3.05) is 51.4 Å². The fourth-order valence-electron chi connectivity index (χ4n) is 5.10. The van der Waals surface area contributed by atoms with Crippen LogP contribution in [0.5, 0.6) is 17.2 Å². The van der Waals surface area contributed by atoms with Gasteiger partial charge < -0.3 is 29.0 Å². The van der Waals surface area contributed by atoms with Crippen molar-refractivity contribution in [3.8, 4) is 17.2 Å². The molecule has 1 aliphatic rings. The number of methoxy groups -OCH3 is 1. The first-order valence-corrected chi connectivity index (χ1v) is 14.2. The Balaban J connectivity index is 1.30. The summed E-state index contributed by atoms with van der Waals surface area (Å²) in [6.45, 7) is 7.66. The van der Waals surface area contributed by atoms with Gasteiger partial charge in [-0.1, -0.05) is 24.3 Å². The van der Waals surface area contributed by atoms with E-state index < -0.39 is 0 Å². The van der Waals surface area contributed by atoms with Crippen molar-refractivity contribution in [1.82, 2.24) is 14.5 Å². The molecule has 0 radical (unpaired) electrons. The number of fused-ring (bicyclic) bond motifs is 1. The van der Waals surface area contributed by atoms with E-state index in [4.69, 9.17) is 26.4 Å². The van der Waals surface area contributed by atoms with E-state index in [-0.39, 0.29) is 18.0 Å². The molecule has 3 aromatic carbocycles. The van der Waals surface area contributed by atoms with Gasteiger partial charge in [0, 0.05) is 37.8 Å². The zero-order valence-corrected chi connectivity index (χ0v) is 24.3. The molecule has 2 heterocycles. The zero-order valence-electron chi connectivity index (χ0n) is 23.5. The third kappa shape index (κ3) is 5.92. The van der Waals surface area contributed by atoms with Gasteiger partial charge in [0.15, 0.2) is 16.3 Å². The van der Waals surface area contributed by atoms with Gasteiger partial charge in [-0.05, 0) is 62.0 Å². The number of benzene rings is 3. The van der Waals surface area contributed by atoms with Gasteiger partial charge in [-0.3, -0.25) is 14.2 Å². The number of carbonyl (C=O) groups is 1. The molecular formula is C31H34N4O5S. The second-order valence-electron chi connectivity index (χ2n) is 9.68. The van der Waals surface area contributed by atoms with E-state index in [1.165, 1.54) is 4.57 Å². The summed E-state index contributed by atoms with van der Waals surface area (Å²) in [5.74, 6) is 1.90. The molecule has 1 aromatic heterocycles. The number of H-pyrrole nitrogens is 1. The highest BCUT2D eigenvalue weighted by Gasteiger charge is 2.24. The minimum Gasteiger partial charge on any atom is -0.495 e. The first-order valence-electron chi connectivity index (χ1n) is 13.8. The number of hydrogen-bond acceptors (Lipinski definition) is 7. The summed E-state index contributed by atoms with van der Waals surface area (Å²) in [5.41, 5.74) is 2.88. The van der Waals surface area contributed by atoms with Gasteiger partial charge in [0.1, 0.15) is 5.75 Å². The molecule has 1 N–H and O–H groups in total. The van der Waals surface area contributed by atoms with Crippen LogP contribution in [-0.2, 0) is 6.54 Å². The van der Waals surface area contributed by atoms with Crippen LogP contribution in [0.1, 0.15) is 29.8 Å². The van der Waals surface area contributed by atoms with Crippen LogP contribution in [0, 0.1) is 4.77 Å². The molecule has 0 saturated carbocycles. The second-order valence-corrected chi connectivity index (χ2v) is 10.1. The van der Waals surface area contributed by atoms with Gasteiger partial charge in [0.25, 0.3) is 11.5 Å². The fraction of sp³-hybridized carbons (Fsp3) is 0.323. The molecule has 4 aromatic rings. The molecule has 0 atom stereocenters. The molecule has 0 aliphatic carbocycles. The highest BCUT2D eigenvalue weighted by Crippen LogP contribution is 2.31. The SMILES string of the molecule is CCOc1cc2[nH]c(=S)n(Cc3ccc(C(=O)N4CCN(c5ccccc5OC)CC4)cc3)c(=O)c2cc1OCC. The van der Waals surface area contributed by atoms with Crippen LogP contribution < -0.4 is 24.7 Å². The Kier molecular flexibility index (Phi) is 8.58. The molecule has 214 valence electrons. The van der Waals surface area contributed by atoms with Crippen molar-refractivity contribution in [3.63, 3.8) is 0 Å². The summed E-state index contributed by atoms with van der Waals surface area (Å²) in [6.07, 6.45) is 0. The van der Waals surface area contributed by atoms with E-state index in [1.54, 1.807) is 19.2 Å². The average Bonchev–Trinajstić information content (AvgIpc) is 3.00. The monoisotopic (exact) mass is 574 g/mol. The lowest BCUT2D eigenvalue weighted by Gasteiger charge is -2.36. The Bertz CT molecular complexity index is 1660. The van der Waals surface area contributed by atoms with Gasteiger partial charge in [-0.2, -0.15) is 0 Å². The van der Waals surface area contributed by atoms with Crippen LogP contribution in [0.15, 0.2) is 65.5 Å². The van der Waals surface area contributed by atoms with Crippen LogP contribution in [-0.4, -0.2) is 66.9 Å². The fourth-order valence-corrected chi connectivity index (χ4v) is 5.36. The number of hydrogen-bond donors (Lipinski definition) is 1. The molecule has 9 nitrogen and oxygen atoms in total. The highest BCUT2D eigenvalue weighted by atomic mass is 32.1. The van der Waals surface area contributed by atoms with Crippen molar-refractivity contribution in [3.05, 3.63) is 86.9 Å². The normalized spacial score (nSPS) is 13.3. The molecule has 0 spiro atoms. The van der Waals surface area contributed by atoms with Crippen molar-refractivity contribution in [2.45, 2.75) is 20.4 Å². The van der Waals surface area contributed by atoms with Crippen LogP contribution in [0.25, 0.3) is 10.9 Å². The third-order valence-corrected chi connectivity index (χ3v) is 7.50. The Morgan fingerprint density at radius 2 is 1.56 bits per heavy atom. The maximum atomic E-state index is 13.4. The van der Waals surface area contributed by atoms with E-state index in [0.717, 1.165) is 30.1 Å². The molecule has 1 amide bonds. The third-order valence-electron chi connectivity index (χ3n) is 7.18. The summed E-state index contributed by atoms with van der Waals surface area (Å²) in [7, 11) is 1.67. The molecule has 1 aliphatic heterocycles. The average molecular weight is 575 g/mol.